The molecule has 1 aliphatic rings. The number of aromatic nitrogens is 2. The second kappa shape index (κ2) is 5.74. The fraction of sp³-hybridized carbons (Fsp3) is 0.222. The van der Waals surface area contributed by atoms with Gasteiger partial charge >= 0.3 is 0 Å². The summed E-state index contributed by atoms with van der Waals surface area (Å²) in [7, 11) is 0. The molecule has 116 valence electrons. The van der Waals surface area contributed by atoms with Crippen LogP contribution >= 0.6 is 11.8 Å². The van der Waals surface area contributed by atoms with E-state index in [1.54, 1.807) is 16.3 Å². The zero-order valence-electron chi connectivity index (χ0n) is 12.7. The summed E-state index contributed by atoms with van der Waals surface area (Å²) < 4.78 is 7.27. The molecule has 1 aliphatic heterocycles. The lowest BCUT2D eigenvalue weighted by Crippen LogP contribution is -2.26. The third kappa shape index (κ3) is 2.41. The Morgan fingerprint density at radius 2 is 2.09 bits per heavy atom. The number of carbonyl (C=O) groups is 1. The van der Waals surface area contributed by atoms with Crippen LogP contribution in [0.15, 0.2) is 53.7 Å². The van der Waals surface area contributed by atoms with Gasteiger partial charge in [0.1, 0.15) is 5.75 Å². The summed E-state index contributed by atoms with van der Waals surface area (Å²) in [5.41, 5.74) is 2.71. The van der Waals surface area contributed by atoms with E-state index in [0.717, 1.165) is 33.3 Å². The maximum Gasteiger partial charge on any atom is 0.241 e. The summed E-state index contributed by atoms with van der Waals surface area (Å²) in [5, 5.41) is 0.769. The maximum absolute atomic E-state index is 13.0. The van der Waals surface area contributed by atoms with Crippen molar-refractivity contribution >= 4 is 28.7 Å². The van der Waals surface area contributed by atoms with Crippen molar-refractivity contribution in [3.05, 3.63) is 54.1 Å². The van der Waals surface area contributed by atoms with Gasteiger partial charge in [0.15, 0.2) is 5.16 Å². The van der Waals surface area contributed by atoms with E-state index in [0.29, 0.717) is 6.61 Å². The smallest absolute Gasteiger partial charge is 0.241 e. The number of thioether (sulfide) groups is 1. The first-order chi connectivity index (χ1) is 11.3. The normalized spacial score (nSPS) is 17.3. The molecule has 4 nitrogen and oxygen atoms in total. The molecule has 4 rings (SSSR count). The molecule has 2 heterocycles. The first kappa shape index (κ1) is 14.3. The van der Waals surface area contributed by atoms with Crippen molar-refractivity contribution in [2.75, 3.05) is 12.4 Å². The van der Waals surface area contributed by atoms with Gasteiger partial charge in [0.05, 0.1) is 23.6 Å². The number of fused-ring (bicyclic) bond motifs is 3. The second-order valence-electron chi connectivity index (χ2n) is 5.43. The van der Waals surface area contributed by atoms with E-state index in [2.05, 4.69) is 4.98 Å². The zero-order valence-corrected chi connectivity index (χ0v) is 13.5. The fourth-order valence-corrected chi connectivity index (χ4v) is 4.04. The van der Waals surface area contributed by atoms with Crippen LogP contribution in [0.3, 0.4) is 0 Å². The summed E-state index contributed by atoms with van der Waals surface area (Å²) in [6.07, 6.45) is 0. The minimum absolute atomic E-state index is 0.0941. The molecule has 23 heavy (non-hydrogen) atoms. The average Bonchev–Trinajstić information content (AvgIpc) is 2.95. The van der Waals surface area contributed by atoms with Gasteiger partial charge in [0.25, 0.3) is 0 Å². The molecule has 2 aromatic carbocycles. The van der Waals surface area contributed by atoms with Gasteiger partial charge in [0.2, 0.25) is 5.91 Å². The van der Waals surface area contributed by atoms with Crippen LogP contribution in [0.2, 0.25) is 0 Å². The molecule has 0 saturated carbocycles. The van der Waals surface area contributed by atoms with E-state index in [4.69, 9.17) is 4.74 Å². The van der Waals surface area contributed by atoms with Gasteiger partial charge in [0, 0.05) is 11.8 Å². The summed E-state index contributed by atoms with van der Waals surface area (Å²) in [5.74, 6) is 1.48. The van der Waals surface area contributed by atoms with Gasteiger partial charge in [-0.25, -0.2) is 4.98 Å². The Hall–Kier alpha value is -2.27. The van der Waals surface area contributed by atoms with Crippen LogP contribution in [0.25, 0.3) is 11.0 Å². The van der Waals surface area contributed by atoms with E-state index in [1.807, 2.05) is 55.5 Å². The Morgan fingerprint density at radius 3 is 2.87 bits per heavy atom. The number of nitrogens with zero attached hydrogens (tertiary/aromatic N) is 2. The van der Waals surface area contributed by atoms with Crippen molar-refractivity contribution in [1.82, 2.24) is 9.55 Å². The number of imidazole rings is 1. The molecule has 1 unspecified atom stereocenters. The second-order valence-corrected chi connectivity index (χ2v) is 6.41. The fourth-order valence-electron chi connectivity index (χ4n) is 2.91. The molecule has 0 amide bonds. The van der Waals surface area contributed by atoms with Crippen LogP contribution in [0.1, 0.15) is 23.2 Å². The monoisotopic (exact) mass is 324 g/mol. The highest BCUT2D eigenvalue weighted by Gasteiger charge is 2.31. The first-order valence-electron chi connectivity index (χ1n) is 7.65. The number of ether oxygens (including phenoxy) is 1. The lowest BCUT2D eigenvalue weighted by molar-refractivity contribution is 0.0876. The maximum atomic E-state index is 13.0. The van der Waals surface area contributed by atoms with Crippen LogP contribution in [-0.4, -0.2) is 27.8 Å². The number of benzene rings is 2. The Labute approximate surface area is 138 Å². The Balaban J connectivity index is 1.78. The van der Waals surface area contributed by atoms with Crippen LogP contribution in [0.4, 0.5) is 0 Å². The Kier molecular flexibility index (Phi) is 3.58. The quantitative estimate of drug-likeness (QED) is 0.731. The first-order valence-corrected chi connectivity index (χ1v) is 8.63. The van der Waals surface area contributed by atoms with E-state index in [-0.39, 0.29) is 11.8 Å². The van der Waals surface area contributed by atoms with Crippen molar-refractivity contribution in [2.45, 2.75) is 18.0 Å². The van der Waals surface area contributed by atoms with Crippen molar-refractivity contribution in [3.8, 4) is 5.75 Å². The summed E-state index contributed by atoms with van der Waals surface area (Å²) in [6, 6.07) is 15.7. The van der Waals surface area contributed by atoms with E-state index < -0.39 is 0 Å². The topological polar surface area (TPSA) is 44.1 Å². The molecule has 0 saturated heterocycles. The summed E-state index contributed by atoms with van der Waals surface area (Å²) in [6.45, 7) is 2.56. The van der Waals surface area contributed by atoms with Crippen molar-refractivity contribution < 1.29 is 9.53 Å². The van der Waals surface area contributed by atoms with E-state index in [9.17, 15) is 4.79 Å². The largest absolute Gasteiger partial charge is 0.494 e. The van der Waals surface area contributed by atoms with Gasteiger partial charge in [-0.3, -0.25) is 9.36 Å². The molecule has 0 bridgehead atoms. The third-order valence-electron chi connectivity index (χ3n) is 4.01. The van der Waals surface area contributed by atoms with Gasteiger partial charge in [-0.2, -0.15) is 0 Å². The predicted molar refractivity (Wildman–Crippen MR) is 91.4 cm³/mol. The molecule has 1 aromatic heterocycles. The lowest BCUT2D eigenvalue weighted by Gasteiger charge is -2.22. The van der Waals surface area contributed by atoms with Crippen molar-refractivity contribution in [3.63, 3.8) is 0 Å². The Morgan fingerprint density at radius 1 is 1.26 bits per heavy atom. The molecule has 1 atom stereocenters. The molecule has 0 fully saturated rings. The third-order valence-corrected chi connectivity index (χ3v) is 5.04. The van der Waals surface area contributed by atoms with Gasteiger partial charge < -0.3 is 4.74 Å². The zero-order chi connectivity index (χ0) is 15.8. The van der Waals surface area contributed by atoms with Gasteiger partial charge in [-0.05, 0) is 24.6 Å². The molecular formula is C18H16N2O2S. The standard InChI is InChI=1S/C18H16N2O2S/c1-2-22-13-8-9-16-15(10-13)19-18-20(16)17(21)14(11-23-18)12-6-4-3-5-7-12/h3-10,14H,2,11H2,1H3. The predicted octanol–water partition coefficient (Wildman–Crippen LogP) is 3.96. The highest BCUT2D eigenvalue weighted by Crippen LogP contribution is 2.36. The van der Waals surface area contributed by atoms with E-state index in [1.165, 1.54) is 0 Å². The average molecular weight is 324 g/mol. The van der Waals surface area contributed by atoms with Crippen LogP contribution in [0, 0.1) is 0 Å². The van der Waals surface area contributed by atoms with Gasteiger partial charge in [-0.15, -0.1) is 0 Å². The molecule has 0 N–H and O–H groups in total. The Bertz CT molecular complexity index is 873. The number of carbonyl (C=O) groups excluding carboxylic acids is 1. The number of rotatable bonds is 3. The van der Waals surface area contributed by atoms with Crippen LogP contribution in [-0.2, 0) is 0 Å². The van der Waals surface area contributed by atoms with Crippen LogP contribution in [0.5, 0.6) is 5.75 Å². The minimum Gasteiger partial charge on any atom is -0.494 e. The molecular weight excluding hydrogens is 308 g/mol. The highest BCUT2D eigenvalue weighted by molar-refractivity contribution is 7.99. The molecule has 0 aliphatic carbocycles. The minimum atomic E-state index is -0.127. The summed E-state index contributed by atoms with van der Waals surface area (Å²) >= 11 is 1.63. The SMILES string of the molecule is CCOc1ccc2c(c1)nc1n2C(=O)C(c2ccccc2)CS1. The highest BCUT2D eigenvalue weighted by atomic mass is 32.2. The molecule has 0 spiro atoms. The van der Waals surface area contributed by atoms with Crippen molar-refractivity contribution in [1.29, 1.82) is 0 Å². The number of hydrogen-bond acceptors (Lipinski definition) is 4. The number of hydrogen-bond donors (Lipinski definition) is 0. The lowest BCUT2D eigenvalue weighted by atomic mass is 10.00. The molecule has 3 aromatic rings. The van der Waals surface area contributed by atoms with Gasteiger partial charge in [-0.1, -0.05) is 42.1 Å². The van der Waals surface area contributed by atoms with Crippen molar-refractivity contribution in [2.24, 2.45) is 0 Å². The van der Waals surface area contributed by atoms with E-state index >= 15 is 0 Å². The molecule has 0 radical (unpaired) electrons. The molecule has 5 heteroatoms. The summed E-state index contributed by atoms with van der Waals surface area (Å²) in [4.78, 5) is 17.6. The van der Waals surface area contributed by atoms with Crippen LogP contribution < -0.4 is 4.74 Å².